The average molecular weight is 570 g/mol. The van der Waals surface area contributed by atoms with Crippen molar-refractivity contribution in [1.82, 2.24) is 10.2 Å². The van der Waals surface area contributed by atoms with Crippen LogP contribution in [0.4, 0.5) is 10.1 Å². The molecule has 2 amide bonds. The van der Waals surface area contributed by atoms with E-state index >= 15 is 0 Å². The van der Waals surface area contributed by atoms with Gasteiger partial charge in [-0.25, -0.2) is 12.8 Å². The van der Waals surface area contributed by atoms with Crippen LogP contribution < -0.4 is 14.4 Å². The number of benzene rings is 3. The molecule has 0 aliphatic rings. The van der Waals surface area contributed by atoms with E-state index in [-0.39, 0.29) is 24.2 Å². The van der Waals surface area contributed by atoms with Crippen LogP contribution in [-0.4, -0.2) is 57.6 Å². The van der Waals surface area contributed by atoms with Gasteiger partial charge in [0.15, 0.2) is 0 Å². The lowest BCUT2D eigenvalue weighted by Crippen LogP contribution is -2.53. The van der Waals surface area contributed by atoms with Crippen LogP contribution in [0, 0.1) is 5.82 Å². The van der Waals surface area contributed by atoms with Gasteiger partial charge < -0.3 is 15.0 Å². The lowest BCUT2D eigenvalue weighted by atomic mass is 10.0. The van der Waals surface area contributed by atoms with Crippen LogP contribution in [0.15, 0.2) is 78.9 Å². The Morgan fingerprint density at radius 3 is 2.23 bits per heavy atom. The van der Waals surface area contributed by atoms with Crippen molar-refractivity contribution in [2.45, 2.75) is 38.8 Å². The third-order valence-electron chi connectivity index (χ3n) is 6.44. The molecule has 8 nitrogen and oxygen atoms in total. The zero-order chi connectivity index (χ0) is 29.1. The number of hydrogen-bond acceptors (Lipinski definition) is 5. The Morgan fingerprint density at radius 1 is 0.975 bits per heavy atom. The highest BCUT2D eigenvalue weighted by atomic mass is 32.2. The number of amides is 2. The van der Waals surface area contributed by atoms with Gasteiger partial charge in [0.1, 0.15) is 24.2 Å². The minimum atomic E-state index is -3.90. The summed E-state index contributed by atoms with van der Waals surface area (Å²) in [4.78, 5) is 28.8. The monoisotopic (exact) mass is 569 g/mol. The summed E-state index contributed by atoms with van der Waals surface area (Å²) in [6, 6.07) is 20.5. The van der Waals surface area contributed by atoms with Crippen LogP contribution >= 0.6 is 0 Å². The van der Waals surface area contributed by atoms with Crippen molar-refractivity contribution in [3.63, 3.8) is 0 Å². The number of carbonyl (C=O) groups is 2. The molecule has 0 bridgehead atoms. The molecule has 10 heteroatoms. The molecular weight excluding hydrogens is 533 g/mol. The van der Waals surface area contributed by atoms with E-state index in [1.807, 2.05) is 37.3 Å². The first kappa shape index (κ1) is 30.6. The molecule has 0 radical (unpaired) electrons. The third kappa shape index (κ3) is 8.54. The molecule has 0 saturated carbocycles. The number of anilines is 1. The maximum atomic E-state index is 14.8. The highest BCUT2D eigenvalue weighted by Gasteiger charge is 2.33. The summed E-state index contributed by atoms with van der Waals surface area (Å²) in [5, 5.41) is 2.90. The molecule has 0 fully saturated rings. The Kier molecular flexibility index (Phi) is 11.1. The SMILES string of the molecule is CCCCNC(=O)C(Cc1ccccc1)N(Cc1ccccc1F)C(=O)CN(c1ccc(OC)cc1)S(C)(=O)=O. The number of ether oxygens (including phenoxy) is 1. The summed E-state index contributed by atoms with van der Waals surface area (Å²) in [6.45, 7) is 1.63. The summed E-state index contributed by atoms with van der Waals surface area (Å²) in [6.07, 6.45) is 2.79. The quantitative estimate of drug-likeness (QED) is 0.294. The van der Waals surface area contributed by atoms with Crippen molar-refractivity contribution in [3.8, 4) is 5.75 Å². The number of hydrogen-bond donors (Lipinski definition) is 1. The van der Waals surface area contributed by atoms with E-state index < -0.39 is 40.2 Å². The van der Waals surface area contributed by atoms with Crippen molar-refractivity contribution < 1.29 is 27.1 Å². The third-order valence-corrected chi connectivity index (χ3v) is 7.58. The molecule has 40 heavy (non-hydrogen) atoms. The topological polar surface area (TPSA) is 96.0 Å². The zero-order valence-electron chi connectivity index (χ0n) is 23.0. The molecule has 0 heterocycles. The average Bonchev–Trinajstić information content (AvgIpc) is 2.94. The molecule has 0 aliphatic carbocycles. The summed E-state index contributed by atoms with van der Waals surface area (Å²) in [7, 11) is -2.41. The Hall–Kier alpha value is -3.92. The lowest BCUT2D eigenvalue weighted by molar-refractivity contribution is -0.140. The van der Waals surface area contributed by atoms with Gasteiger partial charge in [0, 0.05) is 25.1 Å². The van der Waals surface area contributed by atoms with E-state index in [1.54, 1.807) is 30.3 Å². The summed E-state index contributed by atoms with van der Waals surface area (Å²) < 4.78 is 46.5. The second kappa shape index (κ2) is 14.5. The van der Waals surface area contributed by atoms with Gasteiger partial charge in [-0.3, -0.25) is 13.9 Å². The predicted molar refractivity (Wildman–Crippen MR) is 154 cm³/mol. The molecule has 214 valence electrons. The van der Waals surface area contributed by atoms with Gasteiger partial charge in [-0.1, -0.05) is 61.9 Å². The van der Waals surface area contributed by atoms with Gasteiger partial charge in [0.2, 0.25) is 21.8 Å². The number of nitrogens with zero attached hydrogens (tertiary/aromatic N) is 2. The van der Waals surface area contributed by atoms with E-state index in [9.17, 15) is 22.4 Å². The molecule has 0 aromatic heterocycles. The highest BCUT2D eigenvalue weighted by molar-refractivity contribution is 7.92. The predicted octanol–water partition coefficient (Wildman–Crippen LogP) is 4.16. The van der Waals surface area contributed by atoms with Crippen molar-refractivity contribution >= 4 is 27.5 Å². The second-order valence-electron chi connectivity index (χ2n) is 9.43. The van der Waals surface area contributed by atoms with Crippen molar-refractivity contribution in [2.24, 2.45) is 0 Å². The number of rotatable bonds is 14. The molecule has 1 unspecified atom stereocenters. The minimum Gasteiger partial charge on any atom is -0.497 e. The summed E-state index contributed by atoms with van der Waals surface area (Å²) >= 11 is 0. The fourth-order valence-electron chi connectivity index (χ4n) is 4.23. The van der Waals surface area contributed by atoms with Gasteiger partial charge in [-0.05, 0) is 42.3 Å². The van der Waals surface area contributed by atoms with E-state index in [0.29, 0.717) is 12.3 Å². The van der Waals surface area contributed by atoms with Crippen LogP contribution in [0.3, 0.4) is 0 Å². The standard InChI is InChI=1S/C30H36FN3O5S/c1-4-5-19-32-30(36)28(20-23-11-7-6-8-12-23)33(21-24-13-9-10-14-27(24)31)29(35)22-34(40(3,37)38)25-15-17-26(39-2)18-16-25/h6-18,28H,4-5,19-22H2,1-3H3,(H,32,36). The zero-order valence-corrected chi connectivity index (χ0v) is 23.9. The smallest absolute Gasteiger partial charge is 0.244 e. The molecule has 3 aromatic rings. The Labute approximate surface area is 235 Å². The first-order valence-electron chi connectivity index (χ1n) is 13.1. The molecule has 0 spiro atoms. The number of carbonyl (C=O) groups excluding carboxylic acids is 2. The van der Waals surface area contributed by atoms with Gasteiger partial charge in [-0.15, -0.1) is 0 Å². The van der Waals surface area contributed by atoms with Gasteiger partial charge in [-0.2, -0.15) is 0 Å². The Balaban J connectivity index is 2.03. The maximum absolute atomic E-state index is 14.8. The van der Waals surface area contributed by atoms with E-state index in [2.05, 4.69) is 5.32 Å². The summed E-state index contributed by atoms with van der Waals surface area (Å²) in [5.74, 6) is -1.04. The van der Waals surface area contributed by atoms with Crippen molar-refractivity contribution in [1.29, 1.82) is 0 Å². The molecule has 0 aliphatic heterocycles. The molecule has 3 rings (SSSR count). The second-order valence-corrected chi connectivity index (χ2v) is 11.3. The van der Waals surface area contributed by atoms with Crippen LogP contribution in [0.2, 0.25) is 0 Å². The molecule has 0 saturated heterocycles. The van der Waals surface area contributed by atoms with E-state index in [4.69, 9.17) is 4.74 Å². The van der Waals surface area contributed by atoms with Crippen LogP contribution in [0.5, 0.6) is 5.75 Å². The molecule has 3 aromatic carbocycles. The molecular formula is C30H36FN3O5S. The van der Waals surface area contributed by atoms with E-state index in [0.717, 1.165) is 29.0 Å². The minimum absolute atomic E-state index is 0.167. The Morgan fingerprint density at radius 2 is 1.62 bits per heavy atom. The van der Waals surface area contributed by atoms with Gasteiger partial charge >= 0.3 is 0 Å². The van der Waals surface area contributed by atoms with Crippen LogP contribution in [-0.2, 0) is 32.6 Å². The number of sulfonamides is 1. The van der Waals surface area contributed by atoms with E-state index in [1.165, 1.54) is 30.2 Å². The fraction of sp³-hybridized carbons (Fsp3) is 0.333. The van der Waals surface area contributed by atoms with Gasteiger partial charge in [0.25, 0.3) is 0 Å². The number of halogens is 1. The van der Waals surface area contributed by atoms with Crippen LogP contribution in [0.25, 0.3) is 0 Å². The molecule has 1 atom stereocenters. The number of unbranched alkanes of at least 4 members (excludes halogenated alkanes) is 1. The maximum Gasteiger partial charge on any atom is 0.244 e. The Bertz CT molecular complexity index is 1370. The first-order valence-corrected chi connectivity index (χ1v) is 14.9. The molecule has 1 N–H and O–H groups in total. The fourth-order valence-corrected chi connectivity index (χ4v) is 5.08. The summed E-state index contributed by atoms with van der Waals surface area (Å²) in [5.41, 5.74) is 1.28. The van der Waals surface area contributed by atoms with Crippen LogP contribution in [0.1, 0.15) is 30.9 Å². The van der Waals surface area contributed by atoms with Crippen molar-refractivity contribution in [3.05, 3.63) is 95.8 Å². The van der Waals surface area contributed by atoms with Crippen molar-refractivity contribution in [2.75, 3.05) is 30.8 Å². The highest BCUT2D eigenvalue weighted by Crippen LogP contribution is 2.23. The van der Waals surface area contributed by atoms with Gasteiger partial charge in [0.05, 0.1) is 19.1 Å². The first-order chi connectivity index (χ1) is 19.1. The lowest BCUT2D eigenvalue weighted by Gasteiger charge is -2.33. The number of nitrogens with one attached hydrogen (secondary N) is 1. The number of methoxy groups -OCH3 is 1. The largest absolute Gasteiger partial charge is 0.497 e. The normalized spacial score (nSPS) is 11.9.